The molecule has 7 nitrogen and oxygen atoms in total. The second kappa shape index (κ2) is 7.60. The van der Waals surface area contributed by atoms with Crippen molar-refractivity contribution in [3.8, 4) is 0 Å². The topological polar surface area (TPSA) is 77.6 Å². The lowest BCUT2D eigenvalue weighted by molar-refractivity contribution is 0.0952. The molecule has 0 spiro atoms. The monoisotopic (exact) mass is 358 g/mol. The van der Waals surface area contributed by atoms with Gasteiger partial charge in [-0.3, -0.25) is 9.48 Å². The van der Waals surface area contributed by atoms with Crippen LogP contribution in [0, 0.1) is 6.92 Å². The average molecular weight is 358 g/mol. The Kier molecular flexibility index (Phi) is 5.44. The summed E-state index contributed by atoms with van der Waals surface area (Å²) in [5.74, 6) is 2.11. The van der Waals surface area contributed by atoms with Crippen molar-refractivity contribution in [2.45, 2.75) is 78.3 Å². The SMILES string of the molecule is Cc1nn(C(C)(C)C)cc1C(=O)NCCCc1nnc2n1CCCCC2. The Hall–Kier alpha value is -2.18. The summed E-state index contributed by atoms with van der Waals surface area (Å²) < 4.78 is 4.12. The minimum absolute atomic E-state index is 0.0573. The number of carbonyl (C=O) groups is 1. The number of hydrogen-bond donors (Lipinski definition) is 1. The maximum Gasteiger partial charge on any atom is 0.254 e. The Morgan fingerprint density at radius 3 is 2.77 bits per heavy atom. The van der Waals surface area contributed by atoms with Crippen LogP contribution in [0.2, 0.25) is 0 Å². The summed E-state index contributed by atoms with van der Waals surface area (Å²) in [4.78, 5) is 12.4. The van der Waals surface area contributed by atoms with Gasteiger partial charge in [-0.05, 0) is 47.0 Å². The molecule has 1 N–H and O–H groups in total. The standard InChI is InChI=1S/C19H30N6O/c1-14-15(13-25(23-14)19(2,3)4)18(26)20-11-8-10-17-22-21-16-9-6-5-7-12-24(16)17/h13H,5-12H2,1-4H3,(H,20,26). The molecule has 2 aromatic heterocycles. The average Bonchev–Trinajstić information content (AvgIpc) is 3.07. The molecule has 0 bridgehead atoms. The highest BCUT2D eigenvalue weighted by molar-refractivity contribution is 5.94. The molecule has 1 aliphatic heterocycles. The van der Waals surface area contributed by atoms with Crippen LogP contribution in [0.15, 0.2) is 6.20 Å². The molecule has 0 aliphatic carbocycles. The first-order valence-electron chi connectivity index (χ1n) is 9.62. The number of hydrogen-bond acceptors (Lipinski definition) is 4. The Labute approximate surface area is 155 Å². The highest BCUT2D eigenvalue weighted by Crippen LogP contribution is 2.17. The number of nitrogens with zero attached hydrogens (tertiary/aromatic N) is 5. The molecule has 0 aromatic carbocycles. The number of rotatable bonds is 5. The van der Waals surface area contributed by atoms with Crippen LogP contribution < -0.4 is 5.32 Å². The van der Waals surface area contributed by atoms with Crippen LogP contribution in [0.4, 0.5) is 0 Å². The number of carbonyl (C=O) groups excluding carboxylic acids is 1. The van der Waals surface area contributed by atoms with E-state index in [0.717, 1.165) is 43.1 Å². The van der Waals surface area contributed by atoms with Gasteiger partial charge in [0.15, 0.2) is 0 Å². The molecule has 0 fully saturated rings. The normalized spacial score (nSPS) is 14.8. The van der Waals surface area contributed by atoms with Crippen molar-refractivity contribution < 1.29 is 4.79 Å². The second-order valence-electron chi connectivity index (χ2n) is 8.10. The molecular formula is C19H30N6O. The third kappa shape index (κ3) is 4.14. The van der Waals surface area contributed by atoms with Gasteiger partial charge in [-0.1, -0.05) is 6.42 Å². The first-order chi connectivity index (χ1) is 12.4. The summed E-state index contributed by atoms with van der Waals surface area (Å²) in [5.41, 5.74) is 1.28. The maximum absolute atomic E-state index is 12.4. The number of aromatic nitrogens is 5. The number of fused-ring (bicyclic) bond motifs is 1. The molecule has 2 aromatic rings. The van der Waals surface area contributed by atoms with Crippen LogP contribution in [-0.4, -0.2) is 37.0 Å². The molecule has 1 amide bonds. The zero-order valence-corrected chi connectivity index (χ0v) is 16.4. The summed E-state index contributed by atoms with van der Waals surface area (Å²) in [7, 11) is 0. The third-order valence-corrected chi connectivity index (χ3v) is 4.88. The van der Waals surface area contributed by atoms with Crippen LogP contribution in [0.5, 0.6) is 0 Å². The van der Waals surface area contributed by atoms with Crippen molar-refractivity contribution in [1.29, 1.82) is 0 Å². The number of aryl methyl sites for hydroxylation is 3. The fraction of sp³-hybridized carbons (Fsp3) is 0.684. The summed E-state index contributed by atoms with van der Waals surface area (Å²) in [6.45, 7) is 9.74. The van der Waals surface area contributed by atoms with Crippen LogP contribution in [0.25, 0.3) is 0 Å². The summed E-state index contributed by atoms with van der Waals surface area (Å²) in [5, 5.41) is 16.1. The molecule has 3 rings (SSSR count). The van der Waals surface area contributed by atoms with E-state index < -0.39 is 0 Å². The van der Waals surface area contributed by atoms with E-state index in [1.807, 2.05) is 17.8 Å². The molecule has 7 heteroatoms. The van der Waals surface area contributed by atoms with E-state index in [0.29, 0.717) is 12.1 Å². The third-order valence-electron chi connectivity index (χ3n) is 4.88. The van der Waals surface area contributed by atoms with Crippen molar-refractivity contribution in [3.63, 3.8) is 0 Å². The molecule has 142 valence electrons. The van der Waals surface area contributed by atoms with E-state index in [2.05, 4.69) is 46.0 Å². The fourth-order valence-electron chi connectivity index (χ4n) is 3.30. The molecule has 0 unspecified atom stereocenters. The summed E-state index contributed by atoms with van der Waals surface area (Å²) in [6.07, 6.45) is 8.23. The highest BCUT2D eigenvalue weighted by Gasteiger charge is 2.20. The first-order valence-corrected chi connectivity index (χ1v) is 9.62. The predicted molar refractivity (Wildman–Crippen MR) is 100 cm³/mol. The van der Waals surface area contributed by atoms with Crippen LogP contribution in [0.3, 0.4) is 0 Å². The molecule has 0 radical (unpaired) electrons. The van der Waals surface area contributed by atoms with Crippen molar-refractivity contribution in [2.75, 3.05) is 6.54 Å². The minimum Gasteiger partial charge on any atom is -0.352 e. The van der Waals surface area contributed by atoms with Crippen molar-refractivity contribution in [1.82, 2.24) is 29.9 Å². The molecule has 0 atom stereocenters. The van der Waals surface area contributed by atoms with Gasteiger partial charge in [-0.15, -0.1) is 10.2 Å². The van der Waals surface area contributed by atoms with Gasteiger partial charge in [-0.25, -0.2) is 0 Å². The largest absolute Gasteiger partial charge is 0.352 e. The van der Waals surface area contributed by atoms with Gasteiger partial charge in [0.2, 0.25) is 0 Å². The summed E-state index contributed by atoms with van der Waals surface area (Å²) in [6, 6.07) is 0. The van der Waals surface area contributed by atoms with Crippen LogP contribution >= 0.6 is 0 Å². The maximum atomic E-state index is 12.4. The number of amides is 1. The molecule has 1 aliphatic rings. The van der Waals surface area contributed by atoms with Gasteiger partial charge in [0.25, 0.3) is 5.91 Å². The molecular weight excluding hydrogens is 328 g/mol. The van der Waals surface area contributed by atoms with E-state index in [1.165, 1.54) is 19.3 Å². The Bertz CT molecular complexity index is 768. The highest BCUT2D eigenvalue weighted by atomic mass is 16.1. The zero-order valence-electron chi connectivity index (χ0n) is 16.4. The zero-order chi connectivity index (χ0) is 18.7. The van der Waals surface area contributed by atoms with E-state index in [4.69, 9.17) is 0 Å². The Balaban J connectivity index is 1.52. The minimum atomic E-state index is -0.130. The Morgan fingerprint density at radius 2 is 2.04 bits per heavy atom. The van der Waals surface area contributed by atoms with Gasteiger partial charge in [0.05, 0.1) is 16.8 Å². The van der Waals surface area contributed by atoms with Gasteiger partial charge in [0, 0.05) is 32.1 Å². The van der Waals surface area contributed by atoms with Crippen molar-refractivity contribution in [3.05, 3.63) is 29.1 Å². The van der Waals surface area contributed by atoms with E-state index in [9.17, 15) is 4.79 Å². The molecule has 3 heterocycles. The van der Waals surface area contributed by atoms with E-state index >= 15 is 0 Å². The van der Waals surface area contributed by atoms with E-state index in [1.54, 1.807) is 0 Å². The predicted octanol–water partition coefficient (Wildman–Crippen LogP) is 2.63. The lowest BCUT2D eigenvalue weighted by Gasteiger charge is -2.18. The smallest absolute Gasteiger partial charge is 0.254 e. The van der Waals surface area contributed by atoms with Gasteiger partial charge in [-0.2, -0.15) is 5.10 Å². The van der Waals surface area contributed by atoms with Gasteiger partial charge < -0.3 is 9.88 Å². The van der Waals surface area contributed by atoms with Gasteiger partial charge in [0.1, 0.15) is 11.6 Å². The molecule has 0 saturated carbocycles. The van der Waals surface area contributed by atoms with Crippen molar-refractivity contribution >= 4 is 5.91 Å². The lowest BCUT2D eigenvalue weighted by Crippen LogP contribution is -2.26. The second-order valence-corrected chi connectivity index (χ2v) is 8.10. The van der Waals surface area contributed by atoms with Crippen LogP contribution in [0.1, 0.15) is 74.2 Å². The van der Waals surface area contributed by atoms with Gasteiger partial charge >= 0.3 is 0 Å². The Morgan fingerprint density at radius 1 is 1.23 bits per heavy atom. The summed E-state index contributed by atoms with van der Waals surface area (Å²) >= 11 is 0. The van der Waals surface area contributed by atoms with Crippen LogP contribution in [-0.2, 0) is 24.9 Å². The van der Waals surface area contributed by atoms with E-state index in [-0.39, 0.29) is 11.4 Å². The quantitative estimate of drug-likeness (QED) is 0.834. The fourth-order valence-corrected chi connectivity index (χ4v) is 3.30. The first kappa shape index (κ1) is 18.6. The van der Waals surface area contributed by atoms with Crippen molar-refractivity contribution in [2.24, 2.45) is 0 Å². The molecule has 26 heavy (non-hydrogen) atoms. The lowest BCUT2D eigenvalue weighted by atomic mass is 10.1. The number of nitrogens with one attached hydrogen (secondary N) is 1. The molecule has 0 saturated heterocycles.